The van der Waals surface area contributed by atoms with Crippen molar-refractivity contribution in [3.05, 3.63) is 79.1 Å². The van der Waals surface area contributed by atoms with Crippen LogP contribution in [0.4, 0.5) is 0 Å². The van der Waals surface area contributed by atoms with E-state index in [0.717, 1.165) is 16.6 Å². The van der Waals surface area contributed by atoms with Gasteiger partial charge in [-0.2, -0.15) is 0 Å². The smallest absolute Gasteiger partial charge is 0.200 e. The number of fused-ring (bicyclic) bond motifs is 2. The van der Waals surface area contributed by atoms with Crippen molar-refractivity contribution >= 4 is 39.9 Å². The second-order valence-electron chi connectivity index (χ2n) is 6.55. The lowest BCUT2D eigenvalue weighted by Crippen LogP contribution is -2.27. The van der Waals surface area contributed by atoms with E-state index in [1.165, 1.54) is 0 Å². The number of Topliss-reactive ketones (excluding diaryl/α,β-unsaturated/α-hetero) is 1. The van der Waals surface area contributed by atoms with Crippen molar-refractivity contribution in [2.24, 2.45) is 0 Å². The molecule has 1 aliphatic rings. The monoisotopic (exact) mass is 371 g/mol. The van der Waals surface area contributed by atoms with E-state index in [9.17, 15) is 9.59 Å². The Morgan fingerprint density at radius 2 is 1.84 bits per heavy atom. The number of aromatic nitrogens is 1. The quantitative estimate of drug-likeness (QED) is 0.649. The van der Waals surface area contributed by atoms with E-state index < -0.39 is 0 Å². The molecule has 3 nitrogen and oxygen atoms in total. The van der Waals surface area contributed by atoms with Crippen LogP contribution in [0, 0.1) is 6.92 Å². The summed E-state index contributed by atoms with van der Waals surface area (Å²) in [7, 11) is 0. The van der Waals surface area contributed by atoms with Gasteiger partial charge in [-0.25, -0.2) is 0 Å². The summed E-state index contributed by atoms with van der Waals surface area (Å²) >= 11 is 12.3. The molecule has 1 aromatic heterocycles. The van der Waals surface area contributed by atoms with Crippen LogP contribution in [0.25, 0.3) is 10.9 Å². The highest BCUT2D eigenvalue weighted by Gasteiger charge is 2.30. The Bertz CT molecular complexity index is 1080. The number of aromatic amines is 1. The number of hydrogen-bond donors (Lipinski definition) is 1. The number of benzene rings is 2. The van der Waals surface area contributed by atoms with Gasteiger partial charge in [0.05, 0.1) is 5.56 Å². The van der Waals surface area contributed by atoms with Gasteiger partial charge in [-0.3, -0.25) is 9.59 Å². The molecule has 126 valence electrons. The highest BCUT2D eigenvalue weighted by molar-refractivity contribution is 6.35. The fourth-order valence-electron chi connectivity index (χ4n) is 3.60. The van der Waals surface area contributed by atoms with E-state index in [4.69, 9.17) is 23.2 Å². The number of H-pyrrole nitrogens is 1. The number of halogens is 2. The Labute approximate surface area is 154 Å². The summed E-state index contributed by atoms with van der Waals surface area (Å²) in [6.07, 6.45) is 0.843. The molecule has 0 radical (unpaired) electrons. The maximum absolute atomic E-state index is 12.8. The van der Waals surface area contributed by atoms with Gasteiger partial charge in [-0.05, 0) is 49.1 Å². The van der Waals surface area contributed by atoms with Crippen LogP contribution in [0.1, 0.15) is 39.5 Å². The molecule has 1 heterocycles. The predicted octanol–water partition coefficient (Wildman–Crippen LogP) is 5.06. The first-order valence-corrected chi connectivity index (χ1v) is 8.83. The summed E-state index contributed by atoms with van der Waals surface area (Å²) in [6.45, 7) is 1.93. The van der Waals surface area contributed by atoms with E-state index in [-0.39, 0.29) is 23.6 Å². The lowest BCUT2D eigenvalue weighted by Gasteiger charge is -2.24. The highest BCUT2D eigenvalue weighted by atomic mass is 35.5. The maximum atomic E-state index is 12.8. The lowest BCUT2D eigenvalue weighted by atomic mass is 9.81. The standard InChI is InChI=1S/C20H15Cl2NO2/c1-10-2-5-16-14(6-10)20(25)19-17(23-16)7-11(8-18(19)24)13-4-3-12(21)9-15(13)22/h2-6,9,11H,7-8H2,1H3,(H,23,25). The molecular formula is C20H15Cl2NO2. The van der Waals surface area contributed by atoms with Gasteiger partial charge in [0.1, 0.15) is 0 Å². The number of aryl methyl sites for hydroxylation is 1. The van der Waals surface area contributed by atoms with Gasteiger partial charge in [0, 0.05) is 33.1 Å². The van der Waals surface area contributed by atoms with Crippen molar-refractivity contribution in [1.29, 1.82) is 0 Å². The average Bonchev–Trinajstić information content (AvgIpc) is 2.55. The third-order valence-electron chi connectivity index (χ3n) is 4.80. The molecule has 0 fully saturated rings. The minimum absolute atomic E-state index is 0.0664. The molecular weight excluding hydrogens is 357 g/mol. The molecule has 3 aromatic rings. The molecule has 0 bridgehead atoms. The summed E-state index contributed by atoms with van der Waals surface area (Å²) in [6, 6.07) is 11.0. The second-order valence-corrected chi connectivity index (χ2v) is 7.39. The third kappa shape index (κ3) is 2.78. The van der Waals surface area contributed by atoms with Crippen molar-refractivity contribution in [1.82, 2.24) is 4.98 Å². The number of ketones is 1. The van der Waals surface area contributed by atoms with E-state index in [0.29, 0.717) is 33.1 Å². The first-order valence-electron chi connectivity index (χ1n) is 8.07. The van der Waals surface area contributed by atoms with Crippen LogP contribution < -0.4 is 5.43 Å². The highest BCUT2D eigenvalue weighted by Crippen LogP contribution is 2.36. The predicted molar refractivity (Wildman–Crippen MR) is 101 cm³/mol. The topological polar surface area (TPSA) is 49.9 Å². The molecule has 2 aromatic carbocycles. The van der Waals surface area contributed by atoms with Crippen LogP contribution in [0.5, 0.6) is 0 Å². The van der Waals surface area contributed by atoms with Gasteiger partial charge in [0.2, 0.25) is 0 Å². The Hall–Kier alpha value is -2.10. The molecule has 1 unspecified atom stereocenters. The van der Waals surface area contributed by atoms with E-state index in [2.05, 4.69) is 4.98 Å². The minimum atomic E-state index is -0.182. The largest absolute Gasteiger partial charge is 0.358 e. The molecule has 0 saturated heterocycles. The summed E-state index contributed by atoms with van der Waals surface area (Å²) < 4.78 is 0. The van der Waals surface area contributed by atoms with Crippen LogP contribution in [-0.2, 0) is 6.42 Å². The molecule has 0 amide bonds. The second kappa shape index (κ2) is 6.01. The van der Waals surface area contributed by atoms with Crippen molar-refractivity contribution < 1.29 is 4.79 Å². The average molecular weight is 372 g/mol. The Balaban J connectivity index is 1.86. The number of carbonyl (C=O) groups is 1. The fraction of sp³-hybridized carbons (Fsp3) is 0.200. The maximum Gasteiger partial charge on any atom is 0.200 e. The van der Waals surface area contributed by atoms with Gasteiger partial charge in [0.15, 0.2) is 11.2 Å². The first-order chi connectivity index (χ1) is 11.9. The SMILES string of the molecule is Cc1ccc2[nH]c3c(c(=O)c2c1)C(=O)CC(c1ccc(Cl)cc1Cl)C3. The summed E-state index contributed by atoms with van der Waals surface area (Å²) in [5.41, 5.74) is 3.43. The molecule has 25 heavy (non-hydrogen) atoms. The lowest BCUT2D eigenvalue weighted by molar-refractivity contribution is 0.0962. The van der Waals surface area contributed by atoms with Gasteiger partial charge in [-0.15, -0.1) is 0 Å². The van der Waals surface area contributed by atoms with E-state index in [1.807, 2.05) is 31.2 Å². The number of rotatable bonds is 1. The molecule has 0 spiro atoms. The van der Waals surface area contributed by atoms with E-state index in [1.54, 1.807) is 12.1 Å². The number of nitrogens with one attached hydrogen (secondary N) is 1. The minimum Gasteiger partial charge on any atom is -0.358 e. The first kappa shape index (κ1) is 16.4. The van der Waals surface area contributed by atoms with Crippen molar-refractivity contribution in [2.75, 3.05) is 0 Å². The third-order valence-corrected chi connectivity index (χ3v) is 5.36. The molecule has 4 rings (SSSR count). The molecule has 0 aliphatic heterocycles. The zero-order chi connectivity index (χ0) is 17.7. The van der Waals surface area contributed by atoms with Gasteiger partial charge < -0.3 is 4.98 Å². The molecule has 0 saturated carbocycles. The normalized spacial score (nSPS) is 16.9. The fourth-order valence-corrected chi connectivity index (χ4v) is 4.16. The molecule has 5 heteroatoms. The molecule has 1 N–H and O–H groups in total. The summed E-state index contributed by atoms with van der Waals surface area (Å²) in [5.74, 6) is -0.203. The number of carbonyl (C=O) groups excluding carboxylic acids is 1. The summed E-state index contributed by atoms with van der Waals surface area (Å²) in [5, 5.41) is 1.67. The van der Waals surface area contributed by atoms with Crippen molar-refractivity contribution in [3.63, 3.8) is 0 Å². The Morgan fingerprint density at radius 1 is 1.04 bits per heavy atom. The van der Waals surface area contributed by atoms with Crippen LogP contribution in [-0.4, -0.2) is 10.8 Å². The Kier molecular flexibility index (Phi) is 3.94. The van der Waals surface area contributed by atoms with E-state index >= 15 is 0 Å². The zero-order valence-corrected chi connectivity index (χ0v) is 15.0. The Morgan fingerprint density at radius 3 is 2.60 bits per heavy atom. The number of pyridine rings is 1. The van der Waals surface area contributed by atoms with Crippen LogP contribution in [0.15, 0.2) is 41.2 Å². The van der Waals surface area contributed by atoms with Crippen LogP contribution in [0.2, 0.25) is 10.0 Å². The summed E-state index contributed by atoms with van der Waals surface area (Å²) in [4.78, 5) is 28.8. The van der Waals surface area contributed by atoms with Crippen molar-refractivity contribution in [2.45, 2.75) is 25.7 Å². The van der Waals surface area contributed by atoms with Crippen molar-refractivity contribution in [3.8, 4) is 0 Å². The van der Waals surface area contributed by atoms with Gasteiger partial charge in [0.25, 0.3) is 0 Å². The molecule has 1 atom stereocenters. The van der Waals surface area contributed by atoms with Gasteiger partial charge in [-0.1, -0.05) is 40.9 Å². The van der Waals surface area contributed by atoms with Crippen LogP contribution in [0.3, 0.4) is 0 Å². The number of hydrogen-bond acceptors (Lipinski definition) is 2. The van der Waals surface area contributed by atoms with Crippen LogP contribution >= 0.6 is 23.2 Å². The van der Waals surface area contributed by atoms with Gasteiger partial charge >= 0.3 is 0 Å². The molecule has 1 aliphatic carbocycles. The zero-order valence-electron chi connectivity index (χ0n) is 13.5.